The monoisotopic (exact) mass is 340 g/mol. The molecule has 0 fully saturated rings. The lowest BCUT2D eigenvalue weighted by Gasteiger charge is -2.02. The summed E-state index contributed by atoms with van der Waals surface area (Å²) in [6.07, 6.45) is 5.03. The summed E-state index contributed by atoms with van der Waals surface area (Å²) in [7, 11) is 0. The Morgan fingerprint density at radius 2 is 2.08 bits per heavy atom. The zero-order valence-corrected chi connectivity index (χ0v) is 13.5. The molecule has 4 rings (SSSR count). The highest BCUT2D eigenvalue weighted by Crippen LogP contribution is 2.35. The summed E-state index contributed by atoms with van der Waals surface area (Å²) in [4.78, 5) is 13.6. The second kappa shape index (κ2) is 6.27. The van der Waals surface area contributed by atoms with Gasteiger partial charge in [-0.1, -0.05) is 6.07 Å². The first-order chi connectivity index (χ1) is 12.2. The number of rotatable bonds is 5. The molecule has 1 aromatic carbocycles. The van der Waals surface area contributed by atoms with Gasteiger partial charge in [0.05, 0.1) is 18.9 Å². The van der Waals surface area contributed by atoms with Crippen LogP contribution in [0.4, 0.5) is 5.82 Å². The maximum Gasteiger partial charge on any atom is 0.247 e. The van der Waals surface area contributed by atoms with Crippen LogP contribution < -0.4 is 14.8 Å². The van der Waals surface area contributed by atoms with Gasteiger partial charge in [0.1, 0.15) is 6.54 Å². The van der Waals surface area contributed by atoms with Crippen LogP contribution in [0.15, 0.2) is 36.8 Å². The van der Waals surface area contributed by atoms with Gasteiger partial charge in [-0.15, -0.1) is 5.10 Å². The van der Waals surface area contributed by atoms with E-state index in [0.717, 1.165) is 16.9 Å². The second-order valence-electron chi connectivity index (χ2n) is 5.46. The number of benzene rings is 1. The zero-order valence-electron chi connectivity index (χ0n) is 13.5. The summed E-state index contributed by atoms with van der Waals surface area (Å²) >= 11 is 0. The van der Waals surface area contributed by atoms with Crippen LogP contribution in [-0.2, 0) is 17.9 Å². The van der Waals surface area contributed by atoms with Crippen molar-refractivity contribution in [3.05, 3.63) is 36.8 Å². The third-order valence-corrected chi connectivity index (χ3v) is 3.73. The van der Waals surface area contributed by atoms with Gasteiger partial charge in [0.25, 0.3) is 0 Å². The van der Waals surface area contributed by atoms with Crippen molar-refractivity contribution < 1.29 is 14.3 Å². The van der Waals surface area contributed by atoms with Crippen molar-refractivity contribution in [1.29, 1.82) is 0 Å². The molecule has 0 radical (unpaired) electrons. The fraction of sp³-hybridized carbons (Fsp3) is 0.250. The van der Waals surface area contributed by atoms with Gasteiger partial charge < -0.3 is 14.8 Å². The Morgan fingerprint density at radius 3 is 2.92 bits per heavy atom. The predicted molar refractivity (Wildman–Crippen MR) is 88.1 cm³/mol. The Hall–Kier alpha value is -3.36. The van der Waals surface area contributed by atoms with Gasteiger partial charge in [-0.05, 0) is 24.6 Å². The molecule has 128 valence electrons. The Bertz CT molecular complexity index is 916. The molecule has 0 aliphatic carbocycles. The second-order valence-corrected chi connectivity index (χ2v) is 5.46. The third-order valence-electron chi connectivity index (χ3n) is 3.73. The Kier molecular flexibility index (Phi) is 3.81. The van der Waals surface area contributed by atoms with Crippen LogP contribution in [-0.4, -0.2) is 37.5 Å². The maximum atomic E-state index is 12.1. The van der Waals surface area contributed by atoms with Crippen molar-refractivity contribution in [3.63, 3.8) is 0 Å². The lowest BCUT2D eigenvalue weighted by Crippen LogP contribution is -2.19. The van der Waals surface area contributed by atoms with E-state index >= 15 is 0 Å². The summed E-state index contributed by atoms with van der Waals surface area (Å²) in [5, 5.41) is 15.1. The molecule has 2 aromatic heterocycles. The lowest BCUT2D eigenvalue weighted by molar-refractivity contribution is -0.116. The number of ether oxygens (including phenoxy) is 2. The number of hydrogen-bond donors (Lipinski definition) is 1. The molecule has 0 atom stereocenters. The van der Waals surface area contributed by atoms with Gasteiger partial charge in [0, 0.05) is 11.8 Å². The average molecular weight is 340 g/mol. The largest absolute Gasteiger partial charge is 0.454 e. The summed E-state index contributed by atoms with van der Waals surface area (Å²) in [6, 6.07) is 5.68. The molecule has 1 N–H and O–H groups in total. The van der Waals surface area contributed by atoms with E-state index in [4.69, 9.17) is 9.47 Å². The minimum Gasteiger partial charge on any atom is -0.454 e. The topological polar surface area (TPSA) is 96.1 Å². The summed E-state index contributed by atoms with van der Waals surface area (Å²) in [6.45, 7) is 2.89. The number of amides is 1. The first kappa shape index (κ1) is 15.2. The first-order valence-corrected chi connectivity index (χ1v) is 7.84. The van der Waals surface area contributed by atoms with Crippen LogP contribution in [0.2, 0.25) is 0 Å². The number of hydrogen-bond acceptors (Lipinski definition) is 6. The molecule has 0 saturated carbocycles. The van der Waals surface area contributed by atoms with Crippen LogP contribution in [0.25, 0.3) is 11.1 Å². The summed E-state index contributed by atoms with van der Waals surface area (Å²) in [5.41, 5.74) is 1.84. The van der Waals surface area contributed by atoms with E-state index in [1.54, 1.807) is 17.1 Å². The van der Waals surface area contributed by atoms with Gasteiger partial charge in [-0.2, -0.15) is 15.0 Å². The quantitative estimate of drug-likeness (QED) is 0.757. The Balaban J connectivity index is 1.43. The van der Waals surface area contributed by atoms with Crippen molar-refractivity contribution in [3.8, 4) is 22.6 Å². The van der Waals surface area contributed by atoms with Crippen LogP contribution in [0.5, 0.6) is 11.5 Å². The van der Waals surface area contributed by atoms with E-state index in [9.17, 15) is 4.79 Å². The van der Waals surface area contributed by atoms with Gasteiger partial charge in [-0.25, -0.2) is 0 Å². The molecule has 9 heteroatoms. The molecular weight excluding hydrogens is 324 g/mol. The van der Waals surface area contributed by atoms with Gasteiger partial charge in [0.2, 0.25) is 12.7 Å². The van der Waals surface area contributed by atoms with Crippen molar-refractivity contribution in [2.24, 2.45) is 0 Å². The highest BCUT2D eigenvalue weighted by atomic mass is 16.7. The number of aromatic nitrogens is 5. The minimum absolute atomic E-state index is 0.0868. The molecule has 3 heterocycles. The highest BCUT2D eigenvalue weighted by molar-refractivity contribution is 5.89. The lowest BCUT2D eigenvalue weighted by atomic mass is 10.1. The SMILES string of the molecule is CCn1ncc(NC(=O)Cn2cc(-c3ccc4c(c3)OCO4)cn2)n1. The standard InChI is InChI=1S/C16H16N6O3/c1-2-22-18-7-15(20-22)19-16(23)9-21-8-12(6-17-21)11-3-4-13-14(5-11)25-10-24-13/h3-8H,2,9-10H2,1H3,(H,19,20,23). The zero-order chi connectivity index (χ0) is 17.2. The van der Waals surface area contributed by atoms with Crippen molar-refractivity contribution in [1.82, 2.24) is 24.8 Å². The van der Waals surface area contributed by atoms with E-state index in [1.807, 2.05) is 25.1 Å². The number of aryl methyl sites for hydroxylation is 1. The minimum atomic E-state index is -0.219. The molecule has 1 aliphatic heterocycles. The normalized spacial score (nSPS) is 12.4. The van der Waals surface area contributed by atoms with E-state index in [-0.39, 0.29) is 19.2 Å². The van der Waals surface area contributed by atoms with Crippen LogP contribution >= 0.6 is 0 Å². The molecule has 1 amide bonds. The van der Waals surface area contributed by atoms with Crippen molar-refractivity contribution >= 4 is 11.7 Å². The van der Waals surface area contributed by atoms with Crippen LogP contribution in [0.1, 0.15) is 6.92 Å². The van der Waals surface area contributed by atoms with Crippen LogP contribution in [0.3, 0.4) is 0 Å². The summed E-state index contributed by atoms with van der Waals surface area (Å²) in [5.74, 6) is 1.65. The van der Waals surface area contributed by atoms with Gasteiger partial charge >= 0.3 is 0 Å². The number of carbonyl (C=O) groups excluding carboxylic acids is 1. The van der Waals surface area contributed by atoms with Crippen molar-refractivity contribution in [2.75, 3.05) is 12.1 Å². The number of nitrogens with one attached hydrogen (secondary N) is 1. The van der Waals surface area contributed by atoms with Gasteiger partial charge in [-0.3, -0.25) is 9.48 Å². The predicted octanol–water partition coefficient (Wildman–Crippen LogP) is 1.53. The molecule has 0 bridgehead atoms. The molecule has 0 spiro atoms. The van der Waals surface area contributed by atoms with E-state index in [0.29, 0.717) is 18.1 Å². The first-order valence-electron chi connectivity index (χ1n) is 7.84. The number of anilines is 1. The molecule has 0 unspecified atom stereocenters. The highest BCUT2D eigenvalue weighted by Gasteiger charge is 2.15. The number of carbonyl (C=O) groups is 1. The van der Waals surface area contributed by atoms with Crippen LogP contribution in [0, 0.1) is 0 Å². The van der Waals surface area contributed by atoms with Crippen molar-refractivity contribution in [2.45, 2.75) is 20.0 Å². The smallest absolute Gasteiger partial charge is 0.247 e. The summed E-state index contributed by atoms with van der Waals surface area (Å²) < 4.78 is 12.3. The van der Waals surface area contributed by atoms with E-state index in [1.165, 1.54) is 11.0 Å². The molecule has 0 saturated heterocycles. The molecule has 9 nitrogen and oxygen atoms in total. The Labute approximate surface area is 143 Å². The number of fused-ring (bicyclic) bond motifs is 1. The third kappa shape index (κ3) is 3.16. The fourth-order valence-corrected chi connectivity index (χ4v) is 2.51. The molecular formula is C16H16N6O3. The molecule has 1 aliphatic rings. The average Bonchev–Trinajstić information content (AvgIpc) is 3.34. The number of nitrogens with zero attached hydrogens (tertiary/aromatic N) is 5. The van der Waals surface area contributed by atoms with E-state index in [2.05, 4.69) is 20.6 Å². The molecule has 3 aromatic rings. The molecule has 25 heavy (non-hydrogen) atoms. The van der Waals surface area contributed by atoms with E-state index < -0.39 is 0 Å². The Morgan fingerprint density at radius 1 is 1.20 bits per heavy atom. The maximum absolute atomic E-state index is 12.1. The van der Waals surface area contributed by atoms with Gasteiger partial charge in [0.15, 0.2) is 17.3 Å². The fourth-order valence-electron chi connectivity index (χ4n) is 2.51.